The Balaban J connectivity index is 1.71. The summed E-state index contributed by atoms with van der Waals surface area (Å²) in [6, 6.07) is 17.5. The topological polar surface area (TPSA) is 86.7 Å². The molecule has 1 fully saturated rings. The zero-order valence-corrected chi connectivity index (χ0v) is 16.5. The maximum Gasteiger partial charge on any atom is 0.308 e. The van der Waals surface area contributed by atoms with E-state index in [1.807, 2.05) is 48.5 Å². The average molecular weight is 394 g/mol. The minimum atomic E-state index is -0.969. The maximum absolute atomic E-state index is 13.0. The Morgan fingerprint density at radius 1 is 1.03 bits per heavy atom. The molecule has 2 N–H and O–H groups in total. The number of carboxylic acid groups (broad SMARTS) is 1. The Bertz CT molecular complexity index is 854. The van der Waals surface area contributed by atoms with Gasteiger partial charge in [0.1, 0.15) is 0 Å². The molecule has 2 amide bonds. The predicted molar refractivity (Wildman–Crippen MR) is 109 cm³/mol. The van der Waals surface area contributed by atoms with E-state index in [1.54, 1.807) is 24.0 Å². The van der Waals surface area contributed by atoms with E-state index in [9.17, 15) is 19.5 Å². The number of carboxylic acids is 1. The first-order valence-electron chi connectivity index (χ1n) is 9.90. The lowest BCUT2D eigenvalue weighted by Crippen LogP contribution is -2.47. The number of carbonyl (C=O) groups excluding carboxylic acids is 2. The molecule has 2 aromatic rings. The summed E-state index contributed by atoms with van der Waals surface area (Å²) in [5.74, 6) is -2.39. The number of likely N-dealkylation sites (tertiary alicyclic amines) is 1. The third-order valence-corrected chi connectivity index (χ3v) is 5.45. The molecule has 1 aliphatic rings. The van der Waals surface area contributed by atoms with Gasteiger partial charge in [0.25, 0.3) is 5.91 Å². The largest absolute Gasteiger partial charge is 0.481 e. The van der Waals surface area contributed by atoms with Gasteiger partial charge in [-0.1, -0.05) is 48.5 Å². The van der Waals surface area contributed by atoms with Gasteiger partial charge in [0, 0.05) is 18.7 Å². The molecule has 6 heteroatoms. The van der Waals surface area contributed by atoms with E-state index in [0.717, 1.165) is 12.0 Å². The van der Waals surface area contributed by atoms with Gasteiger partial charge in [0.05, 0.1) is 17.9 Å². The zero-order chi connectivity index (χ0) is 20.8. The fourth-order valence-corrected chi connectivity index (χ4v) is 3.71. The third kappa shape index (κ3) is 5.02. The highest BCUT2D eigenvalue weighted by Gasteiger charge is 2.33. The molecule has 0 aromatic heterocycles. The number of rotatable bonds is 6. The first-order chi connectivity index (χ1) is 14.0. The lowest BCUT2D eigenvalue weighted by Gasteiger charge is -2.33. The summed E-state index contributed by atoms with van der Waals surface area (Å²) in [4.78, 5) is 39.0. The van der Waals surface area contributed by atoms with Crippen LogP contribution in [0, 0.1) is 11.8 Å². The highest BCUT2D eigenvalue weighted by Crippen LogP contribution is 2.25. The molecule has 0 aliphatic carbocycles. The Hall–Kier alpha value is -3.15. The van der Waals surface area contributed by atoms with Crippen molar-refractivity contribution in [2.24, 2.45) is 11.8 Å². The van der Waals surface area contributed by atoms with Gasteiger partial charge in [-0.3, -0.25) is 14.4 Å². The Kier molecular flexibility index (Phi) is 6.65. The summed E-state index contributed by atoms with van der Waals surface area (Å²) >= 11 is 0. The van der Waals surface area contributed by atoms with Crippen LogP contribution in [0.4, 0.5) is 0 Å². The smallest absolute Gasteiger partial charge is 0.308 e. The maximum atomic E-state index is 13.0. The van der Waals surface area contributed by atoms with Gasteiger partial charge in [-0.2, -0.15) is 0 Å². The normalized spacial score (nSPS) is 18.5. The monoisotopic (exact) mass is 394 g/mol. The molecule has 3 rings (SSSR count). The van der Waals surface area contributed by atoms with Gasteiger partial charge in [0.15, 0.2) is 0 Å². The van der Waals surface area contributed by atoms with E-state index in [0.29, 0.717) is 25.1 Å². The van der Waals surface area contributed by atoms with Crippen molar-refractivity contribution in [3.63, 3.8) is 0 Å². The van der Waals surface area contributed by atoms with Crippen molar-refractivity contribution in [2.45, 2.75) is 25.8 Å². The van der Waals surface area contributed by atoms with Crippen LogP contribution in [0.2, 0.25) is 0 Å². The summed E-state index contributed by atoms with van der Waals surface area (Å²) in [5.41, 5.74) is 1.36. The number of benzene rings is 2. The third-order valence-electron chi connectivity index (χ3n) is 5.45. The van der Waals surface area contributed by atoms with Gasteiger partial charge in [-0.25, -0.2) is 0 Å². The zero-order valence-electron chi connectivity index (χ0n) is 16.5. The lowest BCUT2D eigenvalue weighted by atomic mass is 9.92. The number of carbonyl (C=O) groups is 3. The first-order valence-corrected chi connectivity index (χ1v) is 9.90. The molecule has 0 saturated carbocycles. The van der Waals surface area contributed by atoms with E-state index < -0.39 is 17.9 Å². The number of piperidine rings is 1. The van der Waals surface area contributed by atoms with E-state index in [2.05, 4.69) is 5.32 Å². The minimum Gasteiger partial charge on any atom is -0.481 e. The van der Waals surface area contributed by atoms with Crippen LogP contribution in [0.1, 0.15) is 41.7 Å². The molecular weight excluding hydrogens is 368 g/mol. The van der Waals surface area contributed by atoms with Crippen LogP contribution in [0.25, 0.3) is 0 Å². The van der Waals surface area contributed by atoms with Crippen molar-refractivity contribution in [2.75, 3.05) is 13.1 Å². The molecule has 152 valence electrons. The van der Waals surface area contributed by atoms with Crippen LogP contribution in [-0.4, -0.2) is 40.9 Å². The fourth-order valence-electron chi connectivity index (χ4n) is 3.71. The Labute approximate surface area is 170 Å². The molecule has 0 bridgehead atoms. The predicted octanol–water partition coefficient (Wildman–Crippen LogP) is 3.12. The van der Waals surface area contributed by atoms with Crippen LogP contribution in [0.15, 0.2) is 60.7 Å². The van der Waals surface area contributed by atoms with Gasteiger partial charge in [-0.05, 0) is 37.5 Å². The number of amides is 2. The molecule has 3 atom stereocenters. The molecule has 0 radical (unpaired) electrons. The van der Waals surface area contributed by atoms with E-state index >= 15 is 0 Å². The van der Waals surface area contributed by atoms with Crippen LogP contribution in [-0.2, 0) is 9.59 Å². The molecule has 1 saturated heterocycles. The van der Waals surface area contributed by atoms with Gasteiger partial charge in [-0.15, -0.1) is 0 Å². The minimum absolute atomic E-state index is 0.0818. The average Bonchev–Trinajstić information content (AvgIpc) is 2.77. The molecule has 0 spiro atoms. The van der Waals surface area contributed by atoms with Gasteiger partial charge >= 0.3 is 5.97 Å². The highest BCUT2D eigenvalue weighted by molar-refractivity contribution is 5.94. The second-order valence-corrected chi connectivity index (χ2v) is 7.48. The quantitative estimate of drug-likeness (QED) is 0.788. The second-order valence-electron chi connectivity index (χ2n) is 7.48. The van der Waals surface area contributed by atoms with E-state index in [1.165, 1.54) is 0 Å². The van der Waals surface area contributed by atoms with Gasteiger partial charge in [0.2, 0.25) is 5.91 Å². The lowest BCUT2D eigenvalue weighted by molar-refractivity contribution is -0.142. The van der Waals surface area contributed by atoms with Crippen molar-refractivity contribution in [1.82, 2.24) is 10.2 Å². The Morgan fingerprint density at radius 2 is 1.66 bits per heavy atom. The number of nitrogens with zero attached hydrogens (tertiary/aromatic N) is 1. The van der Waals surface area contributed by atoms with Crippen LogP contribution < -0.4 is 5.32 Å². The standard InChI is InChI=1S/C23H26N2O4/c1-16(23(28)29)20(17-9-4-2-5-10-17)24-21(26)19-13-8-14-25(15-19)22(27)18-11-6-3-7-12-18/h2-7,9-12,16,19-20H,8,13-15H2,1H3,(H,24,26)(H,28,29). The molecule has 1 aliphatic heterocycles. The van der Waals surface area contributed by atoms with Crippen molar-refractivity contribution in [1.29, 1.82) is 0 Å². The molecule has 3 unspecified atom stereocenters. The van der Waals surface area contributed by atoms with Crippen molar-refractivity contribution < 1.29 is 19.5 Å². The SMILES string of the molecule is CC(C(=O)O)C(NC(=O)C1CCCN(C(=O)c2ccccc2)C1)c1ccccc1. The first kappa shape index (κ1) is 20.6. The molecule has 1 heterocycles. The summed E-state index contributed by atoms with van der Waals surface area (Å²) in [5, 5.41) is 12.4. The number of hydrogen-bond donors (Lipinski definition) is 2. The van der Waals surface area contributed by atoms with Crippen molar-refractivity contribution in [3.8, 4) is 0 Å². The van der Waals surface area contributed by atoms with Crippen molar-refractivity contribution in [3.05, 3.63) is 71.8 Å². The molecular formula is C23H26N2O4. The summed E-state index contributed by atoms with van der Waals surface area (Å²) in [6.45, 7) is 2.54. The van der Waals surface area contributed by atoms with E-state index in [4.69, 9.17) is 0 Å². The summed E-state index contributed by atoms with van der Waals surface area (Å²) < 4.78 is 0. The number of nitrogens with one attached hydrogen (secondary N) is 1. The second kappa shape index (κ2) is 9.37. The van der Waals surface area contributed by atoms with Crippen LogP contribution in [0.3, 0.4) is 0 Å². The molecule has 6 nitrogen and oxygen atoms in total. The molecule has 29 heavy (non-hydrogen) atoms. The number of aliphatic carboxylic acids is 1. The summed E-state index contributed by atoms with van der Waals surface area (Å²) in [7, 11) is 0. The van der Waals surface area contributed by atoms with E-state index in [-0.39, 0.29) is 17.7 Å². The summed E-state index contributed by atoms with van der Waals surface area (Å²) in [6.07, 6.45) is 1.41. The highest BCUT2D eigenvalue weighted by atomic mass is 16.4. The fraction of sp³-hybridized carbons (Fsp3) is 0.348. The Morgan fingerprint density at radius 3 is 2.28 bits per heavy atom. The van der Waals surface area contributed by atoms with Crippen molar-refractivity contribution >= 4 is 17.8 Å². The molecule has 2 aromatic carbocycles. The van der Waals surface area contributed by atoms with Crippen LogP contribution in [0.5, 0.6) is 0 Å². The van der Waals surface area contributed by atoms with Crippen LogP contribution >= 0.6 is 0 Å². The van der Waals surface area contributed by atoms with Gasteiger partial charge < -0.3 is 15.3 Å². The number of hydrogen-bond acceptors (Lipinski definition) is 3.